The Morgan fingerprint density at radius 2 is 1.90 bits per heavy atom. The van der Waals surface area contributed by atoms with Crippen molar-refractivity contribution < 1.29 is 8.81 Å². The number of furan rings is 1. The zero-order valence-electron chi connectivity index (χ0n) is 13.0. The molecule has 1 aromatic heterocycles. The van der Waals surface area contributed by atoms with Crippen molar-refractivity contribution in [2.75, 3.05) is 6.54 Å². The molecule has 2 aromatic rings. The molecular weight excluding hydrogens is 253 g/mol. The minimum Gasteiger partial charge on any atom is -0.459 e. The van der Waals surface area contributed by atoms with Crippen LogP contribution in [0.4, 0.5) is 4.39 Å². The van der Waals surface area contributed by atoms with Crippen LogP contribution in [-0.4, -0.2) is 6.54 Å². The summed E-state index contributed by atoms with van der Waals surface area (Å²) in [4.78, 5) is 0. The maximum absolute atomic E-state index is 14.2. The van der Waals surface area contributed by atoms with Crippen molar-refractivity contribution in [3.63, 3.8) is 0 Å². The Bertz CT molecular complexity index is 599. The van der Waals surface area contributed by atoms with Crippen LogP contribution >= 0.6 is 0 Å². The van der Waals surface area contributed by atoms with Gasteiger partial charge in [-0.1, -0.05) is 33.8 Å². The summed E-state index contributed by atoms with van der Waals surface area (Å²) in [6, 6.07) is 3.31. The standard InChI is InChI=1S/C17H24FNO/c1-10(2)8-19-9-14-15(11(3)4)16-13(18)7-6-12(5)17(16)20-14/h6-7,10-11,19H,8-9H2,1-5H3. The van der Waals surface area contributed by atoms with Gasteiger partial charge in [-0.05, 0) is 36.9 Å². The van der Waals surface area contributed by atoms with Crippen LogP contribution in [0, 0.1) is 18.7 Å². The summed E-state index contributed by atoms with van der Waals surface area (Å²) in [7, 11) is 0. The fourth-order valence-electron chi connectivity index (χ4n) is 2.58. The first-order valence-corrected chi connectivity index (χ1v) is 7.32. The summed E-state index contributed by atoms with van der Waals surface area (Å²) >= 11 is 0. The Kier molecular flexibility index (Phi) is 4.48. The van der Waals surface area contributed by atoms with Crippen LogP contribution in [0.3, 0.4) is 0 Å². The van der Waals surface area contributed by atoms with Gasteiger partial charge in [-0.15, -0.1) is 0 Å². The van der Waals surface area contributed by atoms with Gasteiger partial charge in [-0.3, -0.25) is 0 Å². The summed E-state index contributed by atoms with van der Waals surface area (Å²) in [5.41, 5.74) is 2.67. The monoisotopic (exact) mass is 277 g/mol. The molecule has 3 heteroatoms. The molecule has 1 aromatic carbocycles. The molecule has 2 rings (SSSR count). The number of aryl methyl sites for hydroxylation is 1. The summed E-state index contributed by atoms with van der Waals surface area (Å²) < 4.78 is 20.1. The Balaban J connectivity index is 2.46. The third kappa shape index (κ3) is 2.88. The van der Waals surface area contributed by atoms with Gasteiger partial charge in [-0.25, -0.2) is 4.39 Å². The van der Waals surface area contributed by atoms with E-state index in [-0.39, 0.29) is 11.7 Å². The molecule has 20 heavy (non-hydrogen) atoms. The zero-order chi connectivity index (χ0) is 14.9. The molecule has 1 heterocycles. The minimum atomic E-state index is -0.187. The fraction of sp³-hybridized carbons (Fsp3) is 0.529. The van der Waals surface area contributed by atoms with Gasteiger partial charge in [-0.2, -0.15) is 0 Å². The molecule has 2 nitrogen and oxygen atoms in total. The van der Waals surface area contributed by atoms with Gasteiger partial charge >= 0.3 is 0 Å². The van der Waals surface area contributed by atoms with E-state index in [1.807, 2.05) is 6.92 Å². The molecule has 0 aliphatic carbocycles. The van der Waals surface area contributed by atoms with Gasteiger partial charge in [0.2, 0.25) is 0 Å². The molecule has 0 radical (unpaired) electrons. The maximum Gasteiger partial charge on any atom is 0.140 e. The van der Waals surface area contributed by atoms with E-state index >= 15 is 0 Å². The molecule has 0 unspecified atom stereocenters. The van der Waals surface area contributed by atoms with E-state index in [1.54, 1.807) is 6.07 Å². The second-order valence-corrected chi connectivity index (χ2v) is 6.19. The lowest BCUT2D eigenvalue weighted by Crippen LogP contribution is -2.19. The summed E-state index contributed by atoms with van der Waals surface area (Å²) in [6.45, 7) is 12.0. The predicted molar refractivity (Wildman–Crippen MR) is 81.5 cm³/mol. The molecule has 0 aliphatic rings. The molecule has 0 spiro atoms. The minimum absolute atomic E-state index is 0.187. The van der Waals surface area contributed by atoms with Crippen molar-refractivity contribution in [3.05, 3.63) is 34.8 Å². The Morgan fingerprint density at radius 3 is 2.50 bits per heavy atom. The van der Waals surface area contributed by atoms with E-state index in [9.17, 15) is 4.39 Å². The second kappa shape index (κ2) is 5.96. The third-order valence-corrected chi connectivity index (χ3v) is 3.51. The van der Waals surface area contributed by atoms with Crippen LogP contribution in [0.15, 0.2) is 16.5 Å². The highest BCUT2D eigenvalue weighted by atomic mass is 19.1. The van der Waals surface area contributed by atoms with Crippen molar-refractivity contribution in [1.29, 1.82) is 0 Å². The smallest absolute Gasteiger partial charge is 0.140 e. The van der Waals surface area contributed by atoms with E-state index in [2.05, 4.69) is 33.0 Å². The number of rotatable bonds is 5. The first-order chi connectivity index (χ1) is 9.41. The molecule has 1 N–H and O–H groups in total. The first-order valence-electron chi connectivity index (χ1n) is 7.32. The van der Waals surface area contributed by atoms with Crippen molar-refractivity contribution in [2.45, 2.75) is 47.1 Å². The number of benzene rings is 1. The van der Waals surface area contributed by atoms with Crippen LogP contribution in [-0.2, 0) is 6.54 Å². The molecule has 0 amide bonds. The lowest BCUT2D eigenvalue weighted by Gasteiger charge is -2.09. The third-order valence-electron chi connectivity index (χ3n) is 3.51. The molecule has 0 saturated carbocycles. The largest absolute Gasteiger partial charge is 0.459 e. The van der Waals surface area contributed by atoms with E-state index in [0.717, 1.165) is 23.4 Å². The average molecular weight is 277 g/mol. The highest BCUT2D eigenvalue weighted by Crippen LogP contribution is 2.35. The highest BCUT2D eigenvalue weighted by molar-refractivity contribution is 5.86. The van der Waals surface area contributed by atoms with Crippen LogP contribution < -0.4 is 5.32 Å². The van der Waals surface area contributed by atoms with Gasteiger partial charge in [0.05, 0.1) is 11.9 Å². The lowest BCUT2D eigenvalue weighted by molar-refractivity contribution is 0.478. The molecular formula is C17H24FNO. The maximum atomic E-state index is 14.2. The van der Waals surface area contributed by atoms with Gasteiger partial charge in [0.25, 0.3) is 0 Å². The van der Waals surface area contributed by atoms with Crippen molar-refractivity contribution in [1.82, 2.24) is 5.32 Å². The quantitative estimate of drug-likeness (QED) is 0.853. The van der Waals surface area contributed by atoms with E-state index in [4.69, 9.17) is 4.42 Å². The number of hydrogen-bond acceptors (Lipinski definition) is 2. The molecule has 0 aliphatic heterocycles. The summed E-state index contributed by atoms with van der Waals surface area (Å²) in [6.07, 6.45) is 0. The molecule has 0 bridgehead atoms. The predicted octanol–water partition coefficient (Wildman–Crippen LogP) is 4.75. The molecule has 0 fully saturated rings. The zero-order valence-corrected chi connectivity index (χ0v) is 13.0. The van der Waals surface area contributed by atoms with E-state index in [1.165, 1.54) is 6.07 Å². The topological polar surface area (TPSA) is 25.2 Å². The number of nitrogens with one attached hydrogen (secondary N) is 1. The van der Waals surface area contributed by atoms with Crippen molar-refractivity contribution >= 4 is 11.0 Å². The Hall–Kier alpha value is -1.35. The Morgan fingerprint density at radius 1 is 1.20 bits per heavy atom. The van der Waals surface area contributed by atoms with E-state index < -0.39 is 0 Å². The van der Waals surface area contributed by atoms with Crippen LogP contribution in [0.1, 0.15) is 50.5 Å². The van der Waals surface area contributed by atoms with Crippen molar-refractivity contribution in [3.8, 4) is 0 Å². The van der Waals surface area contributed by atoms with Gasteiger partial charge < -0.3 is 9.73 Å². The van der Waals surface area contributed by atoms with Crippen LogP contribution in [0.25, 0.3) is 11.0 Å². The van der Waals surface area contributed by atoms with Gasteiger partial charge in [0.1, 0.15) is 17.2 Å². The summed E-state index contributed by atoms with van der Waals surface area (Å²) in [5.74, 6) is 1.50. The lowest BCUT2D eigenvalue weighted by atomic mass is 9.98. The Labute approximate surface area is 120 Å². The second-order valence-electron chi connectivity index (χ2n) is 6.19. The van der Waals surface area contributed by atoms with Gasteiger partial charge in [0, 0.05) is 5.56 Å². The molecule has 0 atom stereocenters. The van der Waals surface area contributed by atoms with Crippen LogP contribution in [0.2, 0.25) is 0 Å². The fourth-order valence-corrected chi connectivity index (χ4v) is 2.58. The SMILES string of the molecule is Cc1ccc(F)c2c(C(C)C)c(CNCC(C)C)oc12. The van der Waals surface area contributed by atoms with Gasteiger partial charge in [0.15, 0.2) is 0 Å². The summed E-state index contributed by atoms with van der Waals surface area (Å²) in [5, 5.41) is 4.03. The number of halogens is 1. The first kappa shape index (κ1) is 15.0. The van der Waals surface area contributed by atoms with Crippen molar-refractivity contribution in [2.24, 2.45) is 5.92 Å². The van der Waals surface area contributed by atoms with Crippen LogP contribution in [0.5, 0.6) is 0 Å². The number of hydrogen-bond donors (Lipinski definition) is 1. The highest BCUT2D eigenvalue weighted by Gasteiger charge is 2.20. The average Bonchev–Trinajstić information content (AvgIpc) is 2.74. The molecule has 0 saturated heterocycles. The normalized spacial score (nSPS) is 12.0. The van der Waals surface area contributed by atoms with E-state index in [0.29, 0.717) is 23.4 Å². The molecule has 110 valence electrons. The number of fused-ring (bicyclic) bond motifs is 1.